The summed E-state index contributed by atoms with van der Waals surface area (Å²) in [5.74, 6) is 0. The molecule has 0 fully saturated rings. The molecule has 102 valence electrons. The highest BCUT2D eigenvalue weighted by atomic mass is 16.4. The molecule has 0 aliphatic heterocycles. The van der Waals surface area contributed by atoms with Crippen LogP contribution in [0.25, 0.3) is 11.1 Å². The Bertz CT molecular complexity index is 670. The minimum atomic E-state index is 0.571. The molecule has 1 aromatic heterocycles. The van der Waals surface area contributed by atoms with Gasteiger partial charge in [-0.3, -0.25) is 0 Å². The van der Waals surface area contributed by atoms with Crippen molar-refractivity contribution in [1.82, 2.24) is 4.98 Å². The van der Waals surface area contributed by atoms with E-state index in [0.29, 0.717) is 12.6 Å². The molecule has 0 aliphatic carbocycles. The summed E-state index contributed by atoms with van der Waals surface area (Å²) in [6.07, 6.45) is 0. The van der Waals surface area contributed by atoms with Crippen molar-refractivity contribution >= 4 is 17.1 Å². The standard InChI is InChI=1S/C16H17N3O/c1-19(11-13-8-6-12(10-17)7-9-13)16-18-14-4-2-3-5-15(14)20-16/h2-9H,10-11,17H2,1H3. The zero-order chi connectivity index (χ0) is 13.9. The Kier molecular flexibility index (Phi) is 3.39. The molecule has 0 amide bonds. The van der Waals surface area contributed by atoms with Gasteiger partial charge in [0, 0.05) is 20.1 Å². The van der Waals surface area contributed by atoms with Crippen molar-refractivity contribution < 1.29 is 4.42 Å². The van der Waals surface area contributed by atoms with Crippen molar-refractivity contribution in [3.63, 3.8) is 0 Å². The molecule has 0 unspecified atom stereocenters. The average molecular weight is 267 g/mol. The van der Waals surface area contributed by atoms with Crippen LogP contribution in [-0.4, -0.2) is 12.0 Å². The minimum absolute atomic E-state index is 0.571. The molecular formula is C16H17N3O. The monoisotopic (exact) mass is 267 g/mol. The predicted molar refractivity (Wildman–Crippen MR) is 80.4 cm³/mol. The van der Waals surface area contributed by atoms with Crippen LogP contribution in [0.15, 0.2) is 52.9 Å². The number of nitrogens with two attached hydrogens (primary N) is 1. The third kappa shape index (κ3) is 2.51. The number of nitrogens with zero attached hydrogens (tertiary/aromatic N) is 2. The number of rotatable bonds is 4. The van der Waals surface area contributed by atoms with E-state index in [1.807, 2.05) is 36.2 Å². The Hall–Kier alpha value is -2.33. The molecule has 2 N–H and O–H groups in total. The number of aromatic nitrogens is 1. The highest BCUT2D eigenvalue weighted by Gasteiger charge is 2.10. The zero-order valence-corrected chi connectivity index (χ0v) is 11.4. The van der Waals surface area contributed by atoms with Crippen LogP contribution in [0.2, 0.25) is 0 Å². The molecule has 20 heavy (non-hydrogen) atoms. The first-order chi connectivity index (χ1) is 9.76. The van der Waals surface area contributed by atoms with Gasteiger partial charge in [0.15, 0.2) is 5.58 Å². The molecule has 0 aliphatic rings. The van der Waals surface area contributed by atoms with Crippen molar-refractivity contribution in [2.75, 3.05) is 11.9 Å². The Balaban J connectivity index is 1.79. The fourth-order valence-electron chi connectivity index (χ4n) is 2.15. The maximum Gasteiger partial charge on any atom is 0.298 e. The number of hydrogen-bond acceptors (Lipinski definition) is 4. The summed E-state index contributed by atoms with van der Waals surface area (Å²) >= 11 is 0. The summed E-state index contributed by atoms with van der Waals surface area (Å²) in [6.45, 7) is 1.32. The maximum atomic E-state index is 5.74. The summed E-state index contributed by atoms with van der Waals surface area (Å²) in [5.41, 5.74) is 9.63. The van der Waals surface area contributed by atoms with Gasteiger partial charge in [-0.2, -0.15) is 4.98 Å². The molecule has 0 atom stereocenters. The minimum Gasteiger partial charge on any atom is -0.423 e. The van der Waals surface area contributed by atoms with Crippen molar-refractivity contribution in [1.29, 1.82) is 0 Å². The summed E-state index contributed by atoms with van der Waals surface area (Å²) in [6, 6.07) is 16.7. The number of anilines is 1. The summed E-state index contributed by atoms with van der Waals surface area (Å²) < 4.78 is 5.74. The van der Waals surface area contributed by atoms with E-state index < -0.39 is 0 Å². The first-order valence-corrected chi connectivity index (χ1v) is 6.61. The molecule has 3 rings (SSSR count). The topological polar surface area (TPSA) is 55.3 Å². The van der Waals surface area contributed by atoms with Crippen LogP contribution in [-0.2, 0) is 13.1 Å². The van der Waals surface area contributed by atoms with E-state index in [0.717, 1.165) is 23.2 Å². The molecule has 0 saturated heterocycles. The number of para-hydroxylation sites is 2. The van der Waals surface area contributed by atoms with Gasteiger partial charge in [-0.05, 0) is 23.3 Å². The number of hydrogen-bond donors (Lipinski definition) is 1. The van der Waals surface area contributed by atoms with E-state index in [2.05, 4.69) is 29.2 Å². The Morgan fingerprint density at radius 2 is 1.75 bits per heavy atom. The van der Waals surface area contributed by atoms with Crippen LogP contribution in [0.5, 0.6) is 0 Å². The highest BCUT2D eigenvalue weighted by Crippen LogP contribution is 2.21. The zero-order valence-electron chi connectivity index (χ0n) is 11.4. The molecule has 0 bridgehead atoms. The molecule has 1 heterocycles. The van der Waals surface area contributed by atoms with Gasteiger partial charge in [0.05, 0.1) is 0 Å². The van der Waals surface area contributed by atoms with Gasteiger partial charge in [-0.25, -0.2) is 0 Å². The first kappa shape index (κ1) is 12.7. The lowest BCUT2D eigenvalue weighted by atomic mass is 10.1. The van der Waals surface area contributed by atoms with Gasteiger partial charge in [0.1, 0.15) is 5.52 Å². The van der Waals surface area contributed by atoms with Crippen molar-refractivity contribution in [3.8, 4) is 0 Å². The van der Waals surface area contributed by atoms with Gasteiger partial charge in [0.2, 0.25) is 0 Å². The van der Waals surface area contributed by atoms with Crippen molar-refractivity contribution in [2.45, 2.75) is 13.1 Å². The number of oxazole rings is 1. The molecule has 4 heteroatoms. The third-order valence-corrected chi connectivity index (χ3v) is 3.29. The molecular weight excluding hydrogens is 250 g/mol. The van der Waals surface area contributed by atoms with Crippen LogP contribution >= 0.6 is 0 Å². The molecule has 2 aromatic carbocycles. The lowest BCUT2D eigenvalue weighted by Crippen LogP contribution is -2.16. The van der Waals surface area contributed by atoms with Gasteiger partial charge in [-0.1, -0.05) is 36.4 Å². The van der Waals surface area contributed by atoms with Gasteiger partial charge in [0.25, 0.3) is 6.01 Å². The van der Waals surface area contributed by atoms with E-state index in [1.165, 1.54) is 5.56 Å². The summed E-state index contributed by atoms with van der Waals surface area (Å²) in [7, 11) is 1.97. The lowest BCUT2D eigenvalue weighted by Gasteiger charge is -2.14. The second kappa shape index (κ2) is 5.35. The fourth-order valence-corrected chi connectivity index (χ4v) is 2.15. The molecule has 0 spiro atoms. The van der Waals surface area contributed by atoms with Crippen LogP contribution in [0.1, 0.15) is 11.1 Å². The molecule has 3 aromatic rings. The normalized spacial score (nSPS) is 10.9. The summed E-state index contributed by atoms with van der Waals surface area (Å²) in [5, 5.41) is 0. The second-order valence-corrected chi connectivity index (χ2v) is 4.84. The Morgan fingerprint density at radius 1 is 1.05 bits per heavy atom. The van der Waals surface area contributed by atoms with Crippen LogP contribution in [0.4, 0.5) is 6.01 Å². The number of fused-ring (bicyclic) bond motifs is 1. The van der Waals surface area contributed by atoms with Crippen LogP contribution in [0, 0.1) is 0 Å². The van der Waals surface area contributed by atoms with E-state index in [4.69, 9.17) is 10.2 Å². The van der Waals surface area contributed by atoms with E-state index in [9.17, 15) is 0 Å². The Morgan fingerprint density at radius 3 is 2.45 bits per heavy atom. The van der Waals surface area contributed by atoms with Crippen LogP contribution in [0.3, 0.4) is 0 Å². The average Bonchev–Trinajstić information content (AvgIpc) is 2.92. The van der Waals surface area contributed by atoms with Gasteiger partial charge < -0.3 is 15.1 Å². The Labute approximate surface area is 117 Å². The van der Waals surface area contributed by atoms with E-state index in [-0.39, 0.29) is 0 Å². The molecule has 4 nitrogen and oxygen atoms in total. The first-order valence-electron chi connectivity index (χ1n) is 6.61. The van der Waals surface area contributed by atoms with E-state index >= 15 is 0 Å². The van der Waals surface area contributed by atoms with Crippen molar-refractivity contribution in [3.05, 3.63) is 59.7 Å². The quantitative estimate of drug-likeness (QED) is 0.789. The largest absolute Gasteiger partial charge is 0.423 e. The second-order valence-electron chi connectivity index (χ2n) is 4.84. The summed E-state index contributed by atoms with van der Waals surface area (Å²) in [4.78, 5) is 6.48. The van der Waals surface area contributed by atoms with Gasteiger partial charge >= 0.3 is 0 Å². The molecule has 0 radical (unpaired) electrons. The lowest BCUT2D eigenvalue weighted by molar-refractivity contribution is 0.582. The van der Waals surface area contributed by atoms with Crippen molar-refractivity contribution in [2.24, 2.45) is 5.73 Å². The van der Waals surface area contributed by atoms with E-state index in [1.54, 1.807) is 0 Å². The van der Waals surface area contributed by atoms with Gasteiger partial charge in [-0.15, -0.1) is 0 Å². The predicted octanol–water partition coefficient (Wildman–Crippen LogP) is 2.92. The highest BCUT2D eigenvalue weighted by molar-refractivity contribution is 5.74. The molecule has 0 saturated carbocycles. The maximum absolute atomic E-state index is 5.74. The number of benzene rings is 2. The van der Waals surface area contributed by atoms with Crippen LogP contribution < -0.4 is 10.6 Å². The SMILES string of the molecule is CN(Cc1ccc(CN)cc1)c1nc2ccccc2o1. The third-order valence-electron chi connectivity index (χ3n) is 3.29. The fraction of sp³-hybridized carbons (Fsp3) is 0.188. The smallest absolute Gasteiger partial charge is 0.298 e.